The van der Waals surface area contributed by atoms with Crippen LogP contribution in [0, 0.1) is 0 Å². The quantitative estimate of drug-likeness (QED) is 0.505. The van der Waals surface area contributed by atoms with Crippen LogP contribution in [-0.4, -0.2) is 47.6 Å². The molecule has 0 radical (unpaired) electrons. The van der Waals surface area contributed by atoms with E-state index in [9.17, 15) is 13.2 Å². The number of carbonyl (C=O) groups excluding carboxylic acids is 1. The zero-order valence-electron chi connectivity index (χ0n) is 14.3. The molecule has 1 fully saturated rings. The van der Waals surface area contributed by atoms with Gasteiger partial charge in [0.2, 0.25) is 5.91 Å². The minimum Gasteiger partial charge on any atom is -0.352 e. The van der Waals surface area contributed by atoms with Crippen molar-refractivity contribution in [1.82, 2.24) is 15.3 Å². The molecule has 3 heterocycles. The fourth-order valence-corrected chi connectivity index (χ4v) is 6.15. The summed E-state index contributed by atoms with van der Waals surface area (Å²) in [6.45, 7) is 0. The normalized spacial score (nSPS) is 18.6. The van der Waals surface area contributed by atoms with Gasteiger partial charge in [-0.3, -0.25) is 4.79 Å². The highest BCUT2D eigenvalue weighted by molar-refractivity contribution is 8.00. The number of hydrogen-bond donors (Lipinski definition) is 1. The molecule has 0 unspecified atom stereocenters. The van der Waals surface area contributed by atoms with Gasteiger partial charge in [0.25, 0.3) is 0 Å². The molecule has 3 aromatic rings. The third-order valence-electron chi connectivity index (χ3n) is 4.25. The summed E-state index contributed by atoms with van der Waals surface area (Å²) in [5.41, 5.74) is 0.834. The van der Waals surface area contributed by atoms with Gasteiger partial charge in [-0.2, -0.15) is 0 Å². The van der Waals surface area contributed by atoms with Gasteiger partial charge < -0.3 is 5.32 Å². The monoisotopic (exact) mass is 419 g/mol. The third-order valence-corrected chi connectivity index (χ3v) is 7.87. The third kappa shape index (κ3) is 4.31. The molecule has 27 heavy (non-hydrogen) atoms. The van der Waals surface area contributed by atoms with Crippen LogP contribution in [0.1, 0.15) is 6.42 Å². The van der Waals surface area contributed by atoms with Gasteiger partial charge in [-0.1, -0.05) is 36.0 Å². The summed E-state index contributed by atoms with van der Waals surface area (Å²) in [7, 11) is -3.01. The number of benzene rings is 1. The molecule has 0 spiro atoms. The lowest BCUT2D eigenvalue weighted by Gasteiger charge is -2.11. The maximum absolute atomic E-state index is 12.3. The molecule has 1 saturated heterocycles. The molecule has 0 bridgehead atoms. The second-order valence-corrected chi connectivity index (χ2v) is 10.4. The van der Waals surface area contributed by atoms with Gasteiger partial charge in [-0.05, 0) is 23.9 Å². The fourth-order valence-electron chi connectivity index (χ4n) is 2.99. The van der Waals surface area contributed by atoms with Crippen LogP contribution in [0.25, 0.3) is 21.6 Å². The van der Waals surface area contributed by atoms with Crippen molar-refractivity contribution in [3.8, 4) is 10.7 Å². The number of aromatic nitrogens is 2. The van der Waals surface area contributed by atoms with Gasteiger partial charge in [0.05, 0.1) is 27.7 Å². The minimum absolute atomic E-state index is 0.0301. The lowest BCUT2D eigenvalue weighted by Crippen LogP contribution is -2.36. The largest absolute Gasteiger partial charge is 0.352 e. The Hall–Kier alpha value is -1.97. The van der Waals surface area contributed by atoms with Crippen molar-refractivity contribution < 1.29 is 13.2 Å². The molecule has 1 N–H and O–H groups in total. The Morgan fingerprint density at radius 3 is 2.81 bits per heavy atom. The predicted octanol–water partition coefficient (Wildman–Crippen LogP) is 2.75. The van der Waals surface area contributed by atoms with E-state index in [1.807, 2.05) is 41.8 Å². The molecule has 1 aromatic carbocycles. The van der Waals surface area contributed by atoms with Crippen molar-refractivity contribution in [2.24, 2.45) is 0 Å². The SMILES string of the molecule is O=C(CSc1nc(-c2cccs2)nc2ccccc12)N[C@H]1CCS(=O)(=O)C1. The van der Waals surface area contributed by atoms with Crippen molar-refractivity contribution in [2.45, 2.75) is 17.5 Å². The minimum atomic E-state index is -3.01. The van der Waals surface area contributed by atoms with Gasteiger partial charge >= 0.3 is 0 Å². The summed E-state index contributed by atoms with van der Waals surface area (Å²) in [6, 6.07) is 11.4. The average molecular weight is 420 g/mol. The molecule has 140 valence electrons. The average Bonchev–Trinajstić information content (AvgIpc) is 3.29. The van der Waals surface area contributed by atoms with Gasteiger partial charge in [0, 0.05) is 11.4 Å². The number of carbonyl (C=O) groups is 1. The van der Waals surface area contributed by atoms with E-state index in [1.165, 1.54) is 11.8 Å². The van der Waals surface area contributed by atoms with Crippen LogP contribution < -0.4 is 5.32 Å². The van der Waals surface area contributed by atoms with Gasteiger partial charge in [-0.25, -0.2) is 18.4 Å². The molecule has 6 nitrogen and oxygen atoms in total. The topological polar surface area (TPSA) is 89.0 Å². The number of sulfone groups is 1. The van der Waals surface area contributed by atoms with E-state index in [0.717, 1.165) is 20.8 Å². The Balaban J connectivity index is 1.52. The highest BCUT2D eigenvalue weighted by Crippen LogP contribution is 2.30. The molecular weight excluding hydrogens is 402 g/mol. The number of thiophene rings is 1. The van der Waals surface area contributed by atoms with E-state index in [4.69, 9.17) is 0 Å². The summed E-state index contributed by atoms with van der Waals surface area (Å²) in [5.74, 6) is 0.825. The predicted molar refractivity (Wildman–Crippen MR) is 109 cm³/mol. The lowest BCUT2D eigenvalue weighted by molar-refractivity contribution is -0.119. The summed E-state index contributed by atoms with van der Waals surface area (Å²) in [5, 5.41) is 6.44. The number of amides is 1. The van der Waals surface area contributed by atoms with E-state index in [1.54, 1.807) is 11.3 Å². The van der Waals surface area contributed by atoms with E-state index in [2.05, 4.69) is 15.3 Å². The Labute approximate surface area is 165 Å². The molecule has 1 aliphatic rings. The second-order valence-electron chi connectivity index (χ2n) is 6.30. The second kappa shape index (κ2) is 7.57. The molecule has 2 aromatic heterocycles. The van der Waals surface area contributed by atoms with Crippen LogP contribution in [0.5, 0.6) is 0 Å². The summed E-state index contributed by atoms with van der Waals surface area (Å²) in [6.07, 6.45) is 0.484. The first kappa shape index (κ1) is 18.4. The van der Waals surface area contributed by atoms with Gasteiger partial charge in [-0.15, -0.1) is 11.3 Å². The Kier molecular flexibility index (Phi) is 5.16. The lowest BCUT2D eigenvalue weighted by atomic mass is 10.2. The zero-order chi connectivity index (χ0) is 18.9. The number of nitrogens with one attached hydrogen (secondary N) is 1. The van der Waals surface area contributed by atoms with Gasteiger partial charge in [0.15, 0.2) is 15.7 Å². The van der Waals surface area contributed by atoms with Crippen molar-refractivity contribution in [3.05, 3.63) is 41.8 Å². The molecule has 0 aliphatic carbocycles. The van der Waals surface area contributed by atoms with Crippen molar-refractivity contribution in [1.29, 1.82) is 0 Å². The van der Waals surface area contributed by atoms with Crippen molar-refractivity contribution in [3.63, 3.8) is 0 Å². The van der Waals surface area contributed by atoms with Crippen LogP contribution in [-0.2, 0) is 14.6 Å². The Bertz CT molecular complexity index is 1080. The van der Waals surface area contributed by atoms with Crippen LogP contribution in [0.4, 0.5) is 0 Å². The molecule has 0 saturated carbocycles. The highest BCUT2D eigenvalue weighted by Gasteiger charge is 2.28. The van der Waals surface area contributed by atoms with Crippen LogP contribution in [0.3, 0.4) is 0 Å². The molecule has 4 rings (SSSR count). The first-order valence-corrected chi connectivity index (χ1v) is 12.1. The number of thioether (sulfide) groups is 1. The molecule has 1 aliphatic heterocycles. The van der Waals surface area contributed by atoms with E-state index < -0.39 is 9.84 Å². The molecular formula is C18H17N3O3S3. The maximum Gasteiger partial charge on any atom is 0.230 e. The van der Waals surface area contributed by atoms with Crippen molar-refractivity contribution >= 4 is 49.7 Å². The Morgan fingerprint density at radius 1 is 1.22 bits per heavy atom. The smallest absolute Gasteiger partial charge is 0.230 e. The summed E-state index contributed by atoms with van der Waals surface area (Å²) >= 11 is 2.91. The first-order valence-electron chi connectivity index (χ1n) is 8.43. The number of para-hydroxylation sites is 1. The first-order chi connectivity index (χ1) is 13.0. The zero-order valence-corrected chi connectivity index (χ0v) is 16.7. The highest BCUT2D eigenvalue weighted by atomic mass is 32.2. The van der Waals surface area contributed by atoms with E-state index in [-0.39, 0.29) is 29.2 Å². The Morgan fingerprint density at radius 2 is 2.07 bits per heavy atom. The van der Waals surface area contributed by atoms with Crippen LogP contribution in [0.15, 0.2) is 46.8 Å². The fraction of sp³-hybridized carbons (Fsp3) is 0.278. The molecule has 1 atom stereocenters. The van der Waals surface area contributed by atoms with Crippen LogP contribution in [0.2, 0.25) is 0 Å². The number of hydrogen-bond acceptors (Lipinski definition) is 7. The van der Waals surface area contributed by atoms with Crippen molar-refractivity contribution in [2.75, 3.05) is 17.3 Å². The van der Waals surface area contributed by atoms with Crippen LogP contribution >= 0.6 is 23.1 Å². The number of fused-ring (bicyclic) bond motifs is 1. The summed E-state index contributed by atoms with van der Waals surface area (Å²) < 4.78 is 23.1. The number of rotatable bonds is 5. The van der Waals surface area contributed by atoms with E-state index >= 15 is 0 Å². The summed E-state index contributed by atoms with van der Waals surface area (Å²) in [4.78, 5) is 22.5. The van der Waals surface area contributed by atoms with Gasteiger partial charge in [0.1, 0.15) is 5.03 Å². The molecule has 1 amide bonds. The number of nitrogens with zero attached hydrogens (tertiary/aromatic N) is 2. The maximum atomic E-state index is 12.3. The van der Waals surface area contributed by atoms with E-state index in [0.29, 0.717) is 12.2 Å². The standard InChI is InChI=1S/C18H17N3O3S3/c22-16(19-12-7-9-27(23,24)11-12)10-26-18-13-4-1-2-5-14(13)20-17(21-18)15-6-3-8-25-15/h1-6,8,12H,7,9-11H2,(H,19,22)/t12-/m0/s1. The molecule has 9 heteroatoms.